The van der Waals surface area contributed by atoms with Gasteiger partial charge in [0.1, 0.15) is 0 Å². The molecule has 1 heterocycles. The van der Waals surface area contributed by atoms with Crippen molar-refractivity contribution in [2.75, 3.05) is 18.0 Å². The highest BCUT2D eigenvalue weighted by molar-refractivity contribution is 5.21. The summed E-state index contributed by atoms with van der Waals surface area (Å²) in [5.74, 6) is 0. The highest BCUT2D eigenvalue weighted by Gasteiger charge is 2.05. The molecule has 55 valence electrons. The second kappa shape index (κ2) is 3.20. The van der Waals surface area contributed by atoms with E-state index in [0.29, 0.717) is 6.01 Å². The lowest BCUT2D eigenvalue weighted by Crippen LogP contribution is -2.21. The summed E-state index contributed by atoms with van der Waals surface area (Å²) in [6, 6.07) is 0.546. The van der Waals surface area contributed by atoms with Gasteiger partial charge in [-0.15, -0.1) is 5.10 Å². The molecule has 0 amide bonds. The van der Waals surface area contributed by atoms with E-state index in [-0.39, 0.29) is 0 Å². The molecule has 0 aliphatic carbocycles. The number of anilines is 1. The van der Waals surface area contributed by atoms with Crippen molar-refractivity contribution in [3.63, 3.8) is 0 Å². The van der Waals surface area contributed by atoms with Gasteiger partial charge in [-0.1, -0.05) is 5.10 Å². The van der Waals surface area contributed by atoms with Crippen molar-refractivity contribution in [2.45, 2.75) is 13.8 Å². The molecule has 0 saturated heterocycles. The Balaban J connectivity index is 2.64. The second-order valence-electron chi connectivity index (χ2n) is 1.85. The minimum Gasteiger partial charge on any atom is -0.399 e. The van der Waals surface area contributed by atoms with E-state index in [9.17, 15) is 0 Å². The van der Waals surface area contributed by atoms with Crippen molar-refractivity contribution in [1.29, 1.82) is 0 Å². The first-order chi connectivity index (χ1) is 4.88. The third-order valence-corrected chi connectivity index (χ3v) is 1.35. The van der Waals surface area contributed by atoms with E-state index in [1.807, 2.05) is 18.7 Å². The molecule has 0 N–H and O–H groups in total. The van der Waals surface area contributed by atoms with Gasteiger partial charge in [-0.2, -0.15) is 0 Å². The lowest BCUT2D eigenvalue weighted by molar-refractivity contribution is 0.529. The van der Waals surface area contributed by atoms with Gasteiger partial charge in [0.15, 0.2) is 0 Å². The maximum absolute atomic E-state index is 4.86. The lowest BCUT2D eigenvalue weighted by atomic mass is 10.6. The van der Waals surface area contributed by atoms with E-state index >= 15 is 0 Å². The van der Waals surface area contributed by atoms with Gasteiger partial charge >= 0.3 is 12.4 Å². The van der Waals surface area contributed by atoms with Crippen LogP contribution in [0.25, 0.3) is 0 Å². The second-order valence-corrected chi connectivity index (χ2v) is 1.85. The Hall–Kier alpha value is -1.06. The van der Waals surface area contributed by atoms with Crippen LogP contribution in [0.3, 0.4) is 0 Å². The maximum Gasteiger partial charge on any atom is 0.318 e. The average Bonchev–Trinajstić information content (AvgIpc) is 2.43. The number of aromatic nitrogens is 2. The molecule has 0 spiro atoms. The summed E-state index contributed by atoms with van der Waals surface area (Å²) in [6.45, 7) is 5.83. The van der Waals surface area contributed by atoms with E-state index in [1.54, 1.807) is 0 Å². The van der Waals surface area contributed by atoms with Crippen LogP contribution in [0.1, 0.15) is 13.8 Å². The molecule has 4 heteroatoms. The van der Waals surface area contributed by atoms with Gasteiger partial charge in [0.25, 0.3) is 0 Å². The Bertz CT molecular complexity index is 169. The Morgan fingerprint density at radius 1 is 1.50 bits per heavy atom. The molecule has 10 heavy (non-hydrogen) atoms. The molecule has 1 aromatic rings. The monoisotopic (exact) mass is 140 g/mol. The van der Waals surface area contributed by atoms with Crippen LogP contribution in [0.5, 0.6) is 0 Å². The highest BCUT2D eigenvalue weighted by atomic mass is 16.4. The highest BCUT2D eigenvalue weighted by Crippen LogP contribution is 2.05. The van der Waals surface area contributed by atoms with Crippen LogP contribution in [0.2, 0.25) is 0 Å². The number of hydrogen-bond donors (Lipinski definition) is 0. The zero-order valence-corrected chi connectivity index (χ0v) is 6.16. The van der Waals surface area contributed by atoms with Crippen molar-refractivity contribution >= 4 is 6.01 Å². The topological polar surface area (TPSA) is 42.2 Å². The SMILES string of the molecule is CCN(CC)c1nn[c]o1. The zero-order valence-electron chi connectivity index (χ0n) is 6.16. The summed E-state index contributed by atoms with van der Waals surface area (Å²) in [6.07, 6.45) is 2.30. The standard InChI is InChI=1S/C6H10N3O/c1-3-9(4-2)6-8-7-5-10-6/h3-4H2,1-2H3. The molecule has 0 aromatic carbocycles. The van der Waals surface area contributed by atoms with Crippen LogP contribution >= 0.6 is 0 Å². The fourth-order valence-electron chi connectivity index (χ4n) is 0.767. The van der Waals surface area contributed by atoms with Crippen LogP contribution in [0.4, 0.5) is 6.01 Å². The summed E-state index contributed by atoms with van der Waals surface area (Å²) in [5, 5.41) is 7.17. The predicted molar refractivity (Wildman–Crippen MR) is 36.7 cm³/mol. The lowest BCUT2D eigenvalue weighted by Gasteiger charge is -2.13. The van der Waals surface area contributed by atoms with Gasteiger partial charge in [0, 0.05) is 13.1 Å². The molecule has 0 bridgehead atoms. The van der Waals surface area contributed by atoms with Gasteiger partial charge in [-0.05, 0) is 13.8 Å². The molecule has 0 aliphatic heterocycles. The number of hydrogen-bond acceptors (Lipinski definition) is 4. The van der Waals surface area contributed by atoms with Gasteiger partial charge < -0.3 is 9.32 Å². The molecular formula is C6H10N3O. The first-order valence-corrected chi connectivity index (χ1v) is 3.33. The largest absolute Gasteiger partial charge is 0.399 e. The quantitative estimate of drug-likeness (QED) is 0.620. The van der Waals surface area contributed by atoms with Crippen molar-refractivity contribution in [3.05, 3.63) is 6.39 Å². The smallest absolute Gasteiger partial charge is 0.318 e. The van der Waals surface area contributed by atoms with Crippen molar-refractivity contribution < 1.29 is 4.42 Å². The minimum absolute atomic E-state index is 0.546. The van der Waals surface area contributed by atoms with Gasteiger partial charge in [-0.3, -0.25) is 0 Å². The van der Waals surface area contributed by atoms with Crippen molar-refractivity contribution in [1.82, 2.24) is 10.2 Å². The third-order valence-electron chi connectivity index (χ3n) is 1.35. The van der Waals surface area contributed by atoms with Gasteiger partial charge in [0.2, 0.25) is 0 Å². The van der Waals surface area contributed by atoms with E-state index in [4.69, 9.17) is 4.42 Å². The van der Waals surface area contributed by atoms with Crippen LogP contribution in [0, 0.1) is 6.39 Å². The summed E-state index contributed by atoms with van der Waals surface area (Å²) >= 11 is 0. The summed E-state index contributed by atoms with van der Waals surface area (Å²) in [4.78, 5) is 1.96. The molecule has 0 fully saturated rings. The average molecular weight is 140 g/mol. The molecule has 0 unspecified atom stereocenters. The Labute approximate surface area is 59.9 Å². The van der Waals surface area contributed by atoms with Crippen LogP contribution in [0.15, 0.2) is 4.42 Å². The Kier molecular flexibility index (Phi) is 2.25. The molecule has 1 aromatic heterocycles. The molecule has 0 aliphatic rings. The van der Waals surface area contributed by atoms with Crippen LogP contribution < -0.4 is 4.90 Å². The maximum atomic E-state index is 4.86. The Morgan fingerprint density at radius 3 is 2.60 bits per heavy atom. The minimum atomic E-state index is 0.546. The molecule has 1 rings (SSSR count). The summed E-state index contributed by atoms with van der Waals surface area (Å²) in [7, 11) is 0. The molecule has 4 nitrogen and oxygen atoms in total. The van der Waals surface area contributed by atoms with Crippen LogP contribution in [-0.4, -0.2) is 23.3 Å². The van der Waals surface area contributed by atoms with E-state index in [2.05, 4.69) is 16.6 Å². The van der Waals surface area contributed by atoms with Gasteiger partial charge in [0.05, 0.1) is 0 Å². The van der Waals surface area contributed by atoms with Crippen LogP contribution in [-0.2, 0) is 0 Å². The fraction of sp³-hybridized carbons (Fsp3) is 0.667. The van der Waals surface area contributed by atoms with E-state index in [1.165, 1.54) is 0 Å². The molecule has 0 saturated carbocycles. The third kappa shape index (κ3) is 1.26. The number of nitrogens with zero attached hydrogens (tertiary/aromatic N) is 3. The van der Waals surface area contributed by atoms with Crippen molar-refractivity contribution in [2.24, 2.45) is 0 Å². The first-order valence-electron chi connectivity index (χ1n) is 3.33. The predicted octanol–water partition coefficient (Wildman–Crippen LogP) is 0.716. The molecule has 1 radical (unpaired) electrons. The summed E-state index contributed by atoms with van der Waals surface area (Å²) < 4.78 is 4.86. The molecular weight excluding hydrogens is 130 g/mol. The number of rotatable bonds is 3. The van der Waals surface area contributed by atoms with Gasteiger partial charge in [-0.25, -0.2) is 0 Å². The summed E-state index contributed by atoms with van der Waals surface area (Å²) in [5.41, 5.74) is 0. The molecule has 0 atom stereocenters. The zero-order chi connectivity index (χ0) is 7.40. The van der Waals surface area contributed by atoms with E-state index < -0.39 is 0 Å². The first kappa shape index (κ1) is 7.05. The Morgan fingerprint density at radius 2 is 2.20 bits per heavy atom. The normalized spacial score (nSPS) is 9.80. The fourth-order valence-corrected chi connectivity index (χ4v) is 0.767. The van der Waals surface area contributed by atoms with E-state index in [0.717, 1.165) is 13.1 Å². The van der Waals surface area contributed by atoms with Crippen molar-refractivity contribution in [3.8, 4) is 0 Å².